The molecule has 1 aliphatic rings. The van der Waals surface area contributed by atoms with Crippen LogP contribution in [0.1, 0.15) is 22.9 Å². The molecule has 1 unspecified atom stereocenters. The molecular weight excluding hydrogens is 541 g/mol. The van der Waals surface area contributed by atoms with Crippen molar-refractivity contribution in [2.24, 2.45) is 0 Å². The Morgan fingerprint density at radius 2 is 1.93 bits per heavy atom. The number of anilines is 1. The van der Waals surface area contributed by atoms with Gasteiger partial charge in [-0.2, -0.15) is 13.2 Å². The van der Waals surface area contributed by atoms with Gasteiger partial charge in [0.25, 0.3) is 0 Å². The summed E-state index contributed by atoms with van der Waals surface area (Å²) >= 11 is 6.98. The number of aromatic amines is 1. The molecule has 1 aromatic heterocycles. The summed E-state index contributed by atoms with van der Waals surface area (Å²) in [4.78, 5) is 28.7. The Balaban J connectivity index is 0.000000396. The Morgan fingerprint density at radius 1 is 1.37 bits per heavy atom. The molecule has 8 nitrogen and oxygen atoms in total. The van der Waals surface area contributed by atoms with Gasteiger partial charge in [0.15, 0.2) is 5.95 Å². The monoisotopic (exact) mass is 556 g/mol. The van der Waals surface area contributed by atoms with Crippen LogP contribution in [-0.4, -0.2) is 46.8 Å². The third-order valence-electron chi connectivity index (χ3n) is 4.09. The zero-order chi connectivity index (χ0) is 22.6. The van der Waals surface area contributed by atoms with Gasteiger partial charge in [0.2, 0.25) is 5.91 Å². The van der Waals surface area contributed by atoms with E-state index in [1.165, 1.54) is 0 Å². The predicted octanol–water partition coefficient (Wildman–Crippen LogP) is 3.16. The fourth-order valence-corrected chi connectivity index (χ4v) is 4.44. The standard InChI is InChI=1S/C15H16Br2N4O2.C2HF3O2/c1-23-13-9(16)5-7(6-10(13)17)4-8-12-11(20-15(18)21-12)2-3-19-14(8)22;3-2(4,5)1(6)7/h5-6,8H,2-4H2,1H3,(H,19,22)(H3,18,20,21);(H,6,7). The van der Waals surface area contributed by atoms with Gasteiger partial charge in [-0.25, -0.2) is 9.78 Å². The highest BCUT2D eigenvalue weighted by atomic mass is 79.9. The summed E-state index contributed by atoms with van der Waals surface area (Å²) in [5.74, 6) is -2.07. The molecule has 2 heterocycles. The van der Waals surface area contributed by atoms with Crippen LogP contribution in [0.25, 0.3) is 0 Å². The zero-order valence-electron chi connectivity index (χ0n) is 15.4. The molecule has 13 heteroatoms. The number of rotatable bonds is 3. The topological polar surface area (TPSA) is 130 Å². The van der Waals surface area contributed by atoms with E-state index in [0.717, 1.165) is 31.6 Å². The van der Waals surface area contributed by atoms with Crippen LogP contribution >= 0.6 is 31.9 Å². The van der Waals surface area contributed by atoms with E-state index in [0.29, 0.717) is 25.3 Å². The van der Waals surface area contributed by atoms with Gasteiger partial charge in [0, 0.05) is 18.7 Å². The van der Waals surface area contributed by atoms with E-state index in [-0.39, 0.29) is 11.8 Å². The fraction of sp³-hybridized carbons (Fsp3) is 0.353. The van der Waals surface area contributed by atoms with Gasteiger partial charge in [-0.05, 0) is 56.0 Å². The number of aliphatic carboxylic acids is 1. The molecule has 3 rings (SSSR count). The molecule has 2 aromatic rings. The van der Waals surface area contributed by atoms with Crippen LogP contribution < -0.4 is 15.8 Å². The number of carbonyl (C=O) groups excluding carboxylic acids is 1. The Labute approximate surface area is 185 Å². The fourth-order valence-electron chi connectivity index (χ4n) is 2.83. The minimum Gasteiger partial charge on any atom is -0.494 e. The molecule has 1 aromatic carbocycles. The lowest BCUT2D eigenvalue weighted by Gasteiger charge is -2.15. The molecule has 0 saturated heterocycles. The number of hydrogen-bond acceptors (Lipinski definition) is 5. The molecule has 0 spiro atoms. The molecule has 5 N–H and O–H groups in total. The largest absolute Gasteiger partial charge is 0.494 e. The van der Waals surface area contributed by atoms with Crippen LogP contribution in [0.5, 0.6) is 5.75 Å². The number of hydrogen-bond donors (Lipinski definition) is 4. The van der Waals surface area contributed by atoms with Gasteiger partial charge in [-0.15, -0.1) is 0 Å². The lowest BCUT2D eigenvalue weighted by Crippen LogP contribution is -2.29. The first-order chi connectivity index (χ1) is 13.9. The number of imidazole rings is 1. The van der Waals surface area contributed by atoms with E-state index in [4.69, 9.17) is 20.4 Å². The number of carboxylic acid groups (broad SMARTS) is 1. The Morgan fingerprint density at radius 3 is 2.43 bits per heavy atom. The summed E-state index contributed by atoms with van der Waals surface area (Å²) in [7, 11) is 1.61. The average molecular weight is 558 g/mol. The number of benzene rings is 1. The summed E-state index contributed by atoms with van der Waals surface area (Å²) in [6.45, 7) is 0.583. The Bertz CT molecular complexity index is 927. The number of nitrogens with two attached hydrogens (primary N) is 1. The average Bonchev–Trinajstić information content (AvgIpc) is 2.93. The number of H-pyrrole nitrogens is 1. The highest BCUT2D eigenvalue weighted by Gasteiger charge is 2.38. The first-order valence-corrected chi connectivity index (χ1v) is 9.96. The molecule has 0 saturated carbocycles. The van der Waals surface area contributed by atoms with E-state index in [1.807, 2.05) is 12.1 Å². The number of halogens is 5. The normalized spacial score (nSPS) is 15.9. The number of nitrogens with one attached hydrogen (secondary N) is 2. The van der Waals surface area contributed by atoms with Crippen molar-refractivity contribution < 1.29 is 32.6 Å². The lowest BCUT2D eigenvalue weighted by atomic mass is 9.94. The third kappa shape index (κ3) is 5.88. The number of aromatic nitrogens is 2. The minimum atomic E-state index is -5.08. The molecule has 0 fully saturated rings. The van der Waals surface area contributed by atoms with Crippen molar-refractivity contribution >= 4 is 49.7 Å². The van der Waals surface area contributed by atoms with E-state index < -0.39 is 12.1 Å². The predicted molar refractivity (Wildman–Crippen MR) is 108 cm³/mol. The van der Waals surface area contributed by atoms with Crippen LogP contribution in [-0.2, 0) is 22.4 Å². The van der Waals surface area contributed by atoms with E-state index in [9.17, 15) is 18.0 Å². The first kappa shape index (κ1) is 24.0. The van der Waals surface area contributed by atoms with Crippen molar-refractivity contribution in [1.29, 1.82) is 0 Å². The Kier molecular flexibility index (Phi) is 7.75. The summed E-state index contributed by atoms with van der Waals surface area (Å²) < 4.78 is 38.7. The van der Waals surface area contributed by atoms with Crippen molar-refractivity contribution in [3.63, 3.8) is 0 Å². The summed E-state index contributed by atoms with van der Waals surface area (Å²) in [6, 6.07) is 3.91. The minimum absolute atomic E-state index is 0.0293. The summed E-state index contributed by atoms with van der Waals surface area (Å²) in [5.41, 5.74) is 8.43. The second kappa shape index (κ2) is 9.69. The molecule has 0 aliphatic carbocycles. The first-order valence-electron chi connectivity index (χ1n) is 8.38. The van der Waals surface area contributed by atoms with Gasteiger partial charge < -0.3 is 25.9 Å². The van der Waals surface area contributed by atoms with Gasteiger partial charge >= 0.3 is 12.1 Å². The van der Waals surface area contributed by atoms with Crippen LogP contribution in [0.2, 0.25) is 0 Å². The smallest absolute Gasteiger partial charge is 0.490 e. The highest BCUT2D eigenvalue weighted by molar-refractivity contribution is 9.11. The van der Waals surface area contributed by atoms with E-state index in [2.05, 4.69) is 47.1 Å². The van der Waals surface area contributed by atoms with Crippen LogP contribution in [0.15, 0.2) is 21.1 Å². The number of alkyl halides is 3. The van der Waals surface area contributed by atoms with Crippen molar-refractivity contribution in [3.05, 3.63) is 38.0 Å². The van der Waals surface area contributed by atoms with Crippen molar-refractivity contribution in [3.8, 4) is 5.75 Å². The van der Waals surface area contributed by atoms with Gasteiger partial charge in [-0.1, -0.05) is 0 Å². The quantitative estimate of drug-likeness (QED) is 0.458. The second-order valence-corrected chi connectivity index (χ2v) is 7.89. The van der Waals surface area contributed by atoms with Crippen LogP contribution in [0.4, 0.5) is 19.1 Å². The second-order valence-electron chi connectivity index (χ2n) is 6.18. The lowest BCUT2D eigenvalue weighted by molar-refractivity contribution is -0.192. The van der Waals surface area contributed by atoms with Crippen molar-refractivity contribution in [1.82, 2.24) is 15.3 Å². The van der Waals surface area contributed by atoms with Crippen molar-refractivity contribution in [2.75, 3.05) is 19.4 Å². The number of nitrogen functional groups attached to an aromatic ring is 1. The zero-order valence-corrected chi connectivity index (χ0v) is 18.6. The number of nitrogens with zero attached hydrogens (tertiary/aromatic N) is 1. The highest BCUT2D eigenvalue weighted by Crippen LogP contribution is 2.36. The molecule has 1 amide bonds. The molecule has 0 bridgehead atoms. The summed E-state index contributed by atoms with van der Waals surface area (Å²) in [5, 5.41) is 10.1. The maximum Gasteiger partial charge on any atom is 0.490 e. The van der Waals surface area contributed by atoms with E-state index in [1.54, 1.807) is 7.11 Å². The third-order valence-corrected chi connectivity index (χ3v) is 5.27. The number of carbonyl (C=O) groups is 2. The van der Waals surface area contributed by atoms with Gasteiger partial charge in [0.05, 0.1) is 27.7 Å². The molecule has 0 radical (unpaired) electrons. The maximum atomic E-state index is 12.4. The molecule has 30 heavy (non-hydrogen) atoms. The van der Waals surface area contributed by atoms with Crippen LogP contribution in [0, 0.1) is 0 Å². The van der Waals surface area contributed by atoms with Gasteiger partial charge in [-0.3, -0.25) is 4.79 Å². The molecule has 164 valence electrons. The van der Waals surface area contributed by atoms with Gasteiger partial charge in [0.1, 0.15) is 5.75 Å². The Hall–Kier alpha value is -2.28. The maximum absolute atomic E-state index is 12.4. The number of carboxylic acids is 1. The van der Waals surface area contributed by atoms with E-state index >= 15 is 0 Å². The molecular formula is C17H17Br2F3N4O4. The van der Waals surface area contributed by atoms with Crippen LogP contribution in [0.3, 0.4) is 0 Å². The number of fused-ring (bicyclic) bond motifs is 1. The number of methoxy groups -OCH3 is 1. The van der Waals surface area contributed by atoms with Crippen molar-refractivity contribution in [2.45, 2.75) is 24.9 Å². The molecule has 1 aliphatic heterocycles. The SMILES string of the molecule is COc1c(Br)cc(CC2C(=O)NCCc3[nH]c(N)nc32)cc1Br.O=C(O)C(F)(F)F. The molecule has 1 atom stereocenters. The summed E-state index contributed by atoms with van der Waals surface area (Å²) in [6.07, 6.45) is -3.85. The number of amides is 1. The number of ether oxygens (including phenoxy) is 1.